The van der Waals surface area contributed by atoms with E-state index in [1.807, 2.05) is 0 Å². The Kier molecular flexibility index (Phi) is 3.63. The highest BCUT2D eigenvalue weighted by Gasteiger charge is 2.15. The third kappa shape index (κ3) is 2.45. The fraction of sp³-hybridized carbons (Fsp3) is 0.500. The summed E-state index contributed by atoms with van der Waals surface area (Å²) in [6, 6.07) is 3.89. The Morgan fingerprint density at radius 3 is 2.94 bits per heavy atom. The lowest BCUT2D eigenvalue weighted by atomic mass is 10.1. The van der Waals surface area contributed by atoms with Crippen molar-refractivity contribution >= 4 is 17.3 Å². The van der Waals surface area contributed by atoms with E-state index in [4.69, 9.17) is 16.9 Å². The van der Waals surface area contributed by atoms with Gasteiger partial charge in [-0.1, -0.05) is 24.4 Å². The van der Waals surface area contributed by atoms with E-state index in [0.717, 1.165) is 18.2 Å². The van der Waals surface area contributed by atoms with Crippen LogP contribution in [0, 0.1) is 17.2 Å². The number of hydrogen-bond donors (Lipinski definition) is 1. The molecule has 1 saturated carbocycles. The Hall–Kier alpha value is -1.27. The smallest absolute Gasteiger partial charge is 0.148 e. The molecule has 3 nitrogen and oxygen atoms in total. The Morgan fingerprint density at radius 1 is 1.50 bits per heavy atom. The maximum absolute atomic E-state index is 8.98. The number of hydrogen-bond acceptors (Lipinski definition) is 3. The lowest BCUT2D eigenvalue weighted by molar-refractivity contribution is 0.580. The summed E-state index contributed by atoms with van der Waals surface area (Å²) in [6.45, 7) is 0.926. The minimum absolute atomic E-state index is 0.277. The van der Waals surface area contributed by atoms with Crippen molar-refractivity contribution < 1.29 is 0 Å². The second-order valence-electron chi connectivity index (χ2n) is 4.17. The molecule has 84 valence electrons. The Balaban J connectivity index is 2.03. The van der Waals surface area contributed by atoms with Gasteiger partial charge in [-0.3, -0.25) is 0 Å². The number of rotatable bonds is 3. The minimum Gasteiger partial charge on any atom is -0.384 e. The molecule has 0 amide bonds. The normalized spacial score (nSPS) is 16.0. The molecule has 0 aliphatic heterocycles. The van der Waals surface area contributed by atoms with Gasteiger partial charge in [-0.25, -0.2) is 4.98 Å². The van der Waals surface area contributed by atoms with Crippen LogP contribution < -0.4 is 5.32 Å². The summed E-state index contributed by atoms with van der Waals surface area (Å²) in [7, 11) is 0. The first-order valence-corrected chi connectivity index (χ1v) is 5.97. The van der Waals surface area contributed by atoms with Crippen molar-refractivity contribution in [3.05, 3.63) is 23.0 Å². The molecule has 4 heteroatoms. The summed E-state index contributed by atoms with van der Waals surface area (Å²) in [6.07, 6.45) is 6.85. The molecule has 0 atom stereocenters. The molecule has 1 aromatic rings. The first kappa shape index (κ1) is 11.2. The fourth-order valence-corrected chi connectivity index (χ4v) is 2.36. The van der Waals surface area contributed by atoms with Crippen molar-refractivity contribution in [3.8, 4) is 6.07 Å². The van der Waals surface area contributed by atoms with Gasteiger partial charge in [-0.2, -0.15) is 5.26 Å². The van der Waals surface area contributed by atoms with Crippen LogP contribution in [0.5, 0.6) is 0 Å². The molecule has 1 aliphatic carbocycles. The standard InChI is InChI=1S/C12H14ClN3/c13-12-10(7-14)11(5-6-15-12)16-8-9-3-1-2-4-9/h5-6,9H,1-4,8H2,(H,15,16). The van der Waals surface area contributed by atoms with Crippen LogP contribution in [0.25, 0.3) is 0 Å². The van der Waals surface area contributed by atoms with Crippen LogP contribution in [0.1, 0.15) is 31.2 Å². The Morgan fingerprint density at radius 2 is 2.25 bits per heavy atom. The quantitative estimate of drug-likeness (QED) is 0.819. The average Bonchev–Trinajstić information content (AvgIpc) is 2.79. The van der Waals surface area contributed by atoms with E-state index >= 15 is 0 Å². The number of nitrogens with zero attached hydrogens (tertiary/aromatic N) is 2. The van der Waals surface area contributed by atoms with E-state index in [0.29, 0.717) is 5.56 Å². The molecule has 0 saturated heterocycles. The molecule has 0 spiro atoms. The summed E-state index contributed by atoms with van der Waals surface area (Å²) >= 11 is 5.85. The molecule has 16 heavy (non-hydrogen) atoms. The molecular formula is C12H14ClN3. The first-order chi connectivity index (χ1) is 7.81. The lowest BCUT2D eigenvalue weighted by Crippen LogP contribution is -2.12. The van der Waals surface area contributed by atoms with Gasteiger partial charge in [-0.15, -0.1) is 0 Å². The Labute approximate surface area is 100 Å². The van der Waals surface area contributed by atoms with Gasteiger partial charge in [0.05, 0.1) is 5.69 Å². The van der Waals surface area contributed by atoms with E-state index in [2.05, 4.69) is 16.4 Å². The van der Waals surface area contributed by atoms with Crippen molar-refractivity contribution in [1.29, 1.82) is 5.26 Å². The van der Waals surface area contributed by atoms with E-state index < -0.39 is 0 Å². The third-order valence-corrected chi connectivity index (χ3v) is 3.36. The zero-order valence-corrected chi connectivity index (χ0v) is 9.80. The number of aromatic nitrogens is 1. The predicted octanol–water partition coefficient (Wildman–Crippen LogP) is 3.21. The van der Waals surface area contributed by atoms with E-state index in [1.165, 1.54) is 25.7 Å². The molecular weight excluding hydrogens is 222 g/mol. The summed E-state index contributed by atoms with van der Waals surface area (Å²) in [5, 5.41) is 12.6. The van der Waals surface area contributed by atoms with E-state index in [1.54, 1.807) is 12.3 Å². The van der Waals surface area contributed by atoms with Crippen LogP contribution in [0.15, 0.2) is 12.3 Å². The second-order valence-corrected chi connectivity index (χ2v) is 4.53. The van der Waals surface area contributed by atoms with Gasteiger partial charge in [0, 0.05) is 12.7 Å². The highest BCUT2D eigenvalue weighted by molar-refractivity contribution is 6.30. The van der Waals surface area contributed by atoms with Crippen LogP contribution in [0.3, 0.4) is 0 Å². The van der Waals surface area contributed by atoms with Gasteiger partial charge in [0.15, 0.2) is 0 Å². The van der Waals surface area contributed by atoms with Crippen LogP contribution in [0.4, 0.5) is 5.69 Å². The predicted molar refractivity (Wildman–Crippen MR) is 64.4 cm³/mol. The summed E-state index contributed by atoms with van der Waals surface area (Å²) in [4.78, 5) is 3.89. The Bertz CT molecular complexity index is 405. The maximum Gasteiger partial charge on any atom is 0.148 e. The molecule has 0 unspecified atom stereocenters. The molecule has 2 rings (SSSR count). The maximum atomic E-state index is 8.98. The van der Waals surface area contributed by atoms with Crippen molar-refractivity contribution in [3.63, 3.8) is 0 Å². The molecule has 1 aliphatic rings. The van der Waals surface area contributed by atoms with Gasteiger partial charge < -0.3 is 5.32 Å². The summed E-state index contributed by atoms with van der Waals surface area (Å²) < 4.78 is 0. The minimum atomic E-state index is 0.277. The van der Waals surface area contributed by atoms with Crippen LogP contribution in [0.2, 0.25) is 5.15 Å². The largest absolute Gasteiger partial charge is 0.384 e. The number of nitriles is 1. The van der Waals surface area contributed by atoms with Gasteiger partial charge >= 0.3 is 0 Å². The SMILES string of the molecule is N#Cc1c(NCC2CCCC2)ccnc1Cl. The fourth-order valence-electron chi connectivity index (χ4n) is 2.16. The van der Waals surface area contributed by atoms with Gasteiger partial charge in [0.2, 0.25) is 0 Å². The number of halogens is 1. The topological polar surface area (TPSA) is 48.7 Å². The van der Waals surface area contributed by atoms with Gasteiger partial charge in [-0.05, 0) is 24.8 Å². The molecule has 1 fully saturated rings. The van der Waals surface area contributed by atoms with Crippen LogP contribution in [-0.4, -0.2) is 11.5 Å². The van der Waals surface area contributed by atoms with Gasteiger partial charge in [0.1, 0.15) is 16.8 Å². The highest BCUT2D eigenvalue weighted by atomic mass is 35.5. The van der Waals surface area contributed by atoms with Crippen molar-refractivity contribution in [2.24, 2.45) is 5.92 Å². The van der Waals surface area contributed by atoms with Crippen LogP contribution >= 0.6 is 11.6 Å². The molecule has 1 heterocycles. The van der Waals surface area contributed by atoms with E-state index in [9.17, 15) is 0 Å². The molecule has 0 radical (unpaired) electrons. The molecule has 1 aromatic heterocycles. The highest BCUT2D eigenvalue weighted by Crippen LogP contribution is 2.26. The summed E-state index contributed by atoms with van der Waals surface area (Å²) in [5.41, 5.74) is 1.25. The molecule has 0 aromatic carbocycles. The second kappa shape index (κ2) is 5.18. The van der Waals surface area contributed by atoms with Crippen LogP contribution in [-0.2, 0) is 0 Å². The molecule has 1 N–H and O–H groups in total. The van der Waals surface area contributed by atoms with Crippen molar-refractivity contribution in [2.75, 3.05) is 11.9 Å². The number of nitrogens with one attached hydrogen (secondary N) is 1. The third-order valence-electron chi connectivity index (χ3n) is 3.07. The molecule has 0 bridgehead atoms. The number of anilines is 1. The average molecular weight is 236 g/mol. The van der Waals surface area contributed by atoms with Crippen molar-refractivity contribution in [1.82, 2.24) is 4.98 Å². The first-order valence-electron chi connectivity index (χ1n) is 5.59. The monoisotopic (exact) mass is 235 g/mol. The lowest BCUT2D eigenvalue weighted by Gasteiger charge is -2.12. The zero-order valence-electron chi connectivity index (χ0n) is 9.04. The summed E-state index contributed by atoms with van der Waals surface area (Å²) in [5.74, 6) is 0.735. The van der Waals surface area contributed by atoms with Gasteiger partial charge in [0.25, 0.3) is 0 Å². The zero-order chi connectivity index (χ0) is 11.4. The van der Waals surface area contributed by atoms with E-state index in [-0.39, 0.29) is 5.15 Å². The van der Waals surface area contributed by atoms with Crippen molar-refractivity contribution in [2.45, 2.75) is 25.7 Å². The number of pyridine rings is 1.